The van der Waals surface area contributed by atoms with Gasteiger partial charge in [0.25, 0.3) is 0 Å². The van der Waals surface area contributed by atoms with Crippen molar-refractivity contribution in [2.45, 2.75) is 13.5 Å². The molecule has 0 aliphatic carbocycles. The predicted molar refractivity (Wildman–Crippen MR) is 64.4 cm³/mol. The Bertz CT molecular complexity index is 665. The topological polar surface area (TPSA) is 33.4 Å². The maximum atomic E-state index is 9.33. The second-order valence-electron chi connectivity index (χ2n) is 4.06. The third-order valence-electron chi connectivity index (χ3n) is 2.87. The largest absolute Gasteiger partial charge is 0.456 e. The van der Waals surface area contributed by atoms with Crippen LogP contribution in [-0.2, 0) is 6.61 Å². The maximum Gasteiger partial charge on any atom is 0.140 e. The molecule has 0 spiro atoms. The number of rotatable bonds is 1. The summed E-state index contributed by atoms with van der Waals surface area (Å²) in [7, 11) is 0. The highest BCUT2D eigenvalue weighted by Gasteiger charge is 2.10. The van der Waals surface area contributed by atoms with Crippen molar-refractivity contribution in [1.82, 2.24) is 0 Å². The van der Waals surface area contributed by atoms with Crippen LogP contribution < -0.4 is 0 Å². The Balaban J connectivity index is 2.54. The summed E-state index contributed by atoms with van der Waals surface area (Å²) in [6.45, 7) is 2.04. The third-order valence-corrected chi connectivity index (χ3v) is 2.87. The van der Waals surface area contributed by atoms with Crippen LogP contribution in [0.4, 0.5) is 0 Å². The van der Waals surface area contributed by atoms with Crippen LogP contribution in [0, 0.1) is 6.92 Å². The fourth-order valence-electron chi connectivity index (χ4n) is 2.17. The molecule has 0 bridgehead atoms. The fraction of sp³-hybridized carbons (Fsp3) is 0.143. The first kappa shape index (κ1) is 9.43. The summed E-state index contributed by atoms with van der Waals surface area (Å²) in [4.78, 5) is 0. The summed E-state index contributed by atoms with van der Waals surface area (Å²) in [5.74, 6) is 0. The number of benzene rings is 2. The molecule has 1 heterocycles. The van der Waals surface area contributed by atoms with E-state index < -0.39 is 0 Å². The number of aliphatic hydroxyl groups excluding tert-OH is 1. The molecule has 2 nitrogen and oxygen atoms in total. The lowest BCUT2D eigenvalue weighted by Crippen LogP contribution is -1.85. The molecule has 3 aromatic rings. The third kappa shape index (κ3) is 1.24. The zero-order valence-electron chi connectivity index (χ0n) is 9.03. The van der Waals surface area contributed by atoms with Crippen molar-refractivity contribution in [2.75, 3.05) is 0 Å². The highest BCUT2D eigenvalue weighted by Crippen LogP contribution is 2.31. The van der Waals surface area contributed by atoms with Crippen molar-refractivity contribution in [3.05, 3.63) is 47.5 Å². The van der Waals surface area contributed by atoms with Crippen molar-refractivity contribution in [2.24, 2.45) is 0 Å². The number of hydrogen-bond donors (Lipinski definition) is 1. The normalized spacial score (nSPS) is 11.4. The summed E-state index contributed by atoms with van der Waals surface area (Å²) in [5.41, 5.74) is 3.67. The van der Waals surface area contributed by atoms with Crippen LogP contribution in [0.25, 0.3) is 21.9 Å². The average Bonchev–Trinajstić information content (AvgIpc) is 2.67. The van der Waals surface area contributed by atoms with E-state index in [1.807, 2.05) is 37.3 Å². The van der Waals surface area contributed by atoms with Gasteiger partial charge in [0.2, 0.25) is 0 Å². The van der Waals surface area contributed by atoms with Gasteiger partial charge in [-0.15, -0.1) is 0 Å². The Hall–Kier alpha value is -1.80. The predicted octanol–water partition coefficient (Wildman–Crippen LogP) is 3.39. The van der Waals surface area contributed by atoms with E-state index in [0.29, 0.717) is 0 Å². The second kappa shape index (κ2) is 3.35. The second-order valence-corrected chi connectivity index (χ2v) is 4.06. The zero-order chi connectivity index (χ0) is 11.1. The van der Waals surface area contributed by atoms with Crippen LogP contribution in [-0.4, -0.2) is 5.11 Å². The molecule has 2 heteroatoms. The van der Waals surface area contributed by atoms with Crippen LogP contribution in [0.5, 0.6) is 0 Å². The van der Waals surface area contributed by atoms with E-state index >= 15 is 0 Å². The Morgan fingerprint density at radius 1 is 1.12 bits per heavy atom. The van der Waals surface area contributed by atoms with Crippen molar-refractivity contribution in [1.29, 1.82) is 0 Å². The minimum atomic E-state index is 0.0119. The Morgan fingerprint density at radius 3 is 2.75 bits per heavy atom. The highest BCUT2D eigenvalue weighted by molar-refractivity contribution is 6.06. The molecule has 16 heavy (non-hydrogen) atoms. The number of aliphatic hydroxyl groups is 1. The molecule has 0 atom stereocenters. The maximum absolute atomic E-state index is 9.33. The molecule has 0 aliphatic heterocycles. The zero-order valence-corrected chi connectivity index (χ0v) is 9.03. The number of para-hydroxylation sites is 1. The van der Waals surface area contributed by atoms with E-state index in [1.54, 1.807) is 0 Å². The van der Waals surface area contributed by atoms with Crippen LogP contribution in [0.15, 0.2) is 40.8 Å². The molecule has 3 rings (SSSR count). The molecule has 80 valence electrons. The minimum Gasteiger partial charge on any atom is -0.456 e. The lowest BCUT2D eigenvalue weighted by Gasteiger charge is -1.99. The summed E-state index contributed by atoms with van der Waals surface area (Å²) < 4.78 is 5.77. The Kier molecular flexibility index (Phi) is 1.98. The van der Waals surface area contributed by atoms with E-state index in [9.17, 15) is 5.11 Å². The summed E-state index contributed by atoms with van der Waals surface area (Å²) in [6.07, 6.45) is 0. The van der Waals surface area contributed by atoms with E-state index in [4.69, 9.17) is 4.42 Å². The van der Waals surface area contributed by atoms with Crippen LogP contribution in [0.2, 0.25) is 0 Å². The molecule has 0 aliphatic rings. The van der Waals surface area contributed by atoms with Crippen molar-refractivity contribution in [3.63, 3.8) is 0 Å². The van der Waals surface area contributed by atoms with E-state index in [1.165, 1.54) is 0 Å². The fourth-order valence-corrected chi connectivity index (χ4v) is 2.17. The van der Waals surface area contributed by atoms with Gasteiger partial charge in [0.05, 0.1) is 6.61 Å². The van der Waals surface area contributed by atoms with Crippen molar-refractivity contribution < 1.29 is 9.52 Å². The number of aryl methyl sites for hydroxylation is 1. The highest BCUT2D eigenvalue weighted by atomic mass is 16.3. The van der Waals surface area contributed by atoms with Crippen LogP contribution in [0.1, 0.15) is 11.1 Å². The van der Waals surface area contributed by atoms with E-state index in [2.05, 4.69) is 6.07 Å². The molecule has 0 radical (unpaired) electrons. The lowest BCUT2D eigenvalue weighted by atomic mass is 10.1. The molecule has 0 amide bonds. The summed E-state index contributed by atoms with van der Waals surface area (Å²) in [6, 6.07) is 12.0. The first-order chi connectivity index (χ1) is 7.79. The molecule has 0 fully saturated rings. The molecule has 0 unspecified atom stereocenters. The quantitative estimate of drug-likeness (QED) is 0.670. The number of furan rings is 1. The van der Waals surface area contributed by atoms with Gasteiger partial charge in [0.1, 0.15) is 11.2 Å². The molecule has 1 N–H and O–H groups in total. The van der Waals surface area contributed by atoms with E-state index in [0.717, 1.165) is 33.1 Å². The smallest absolute Gasteiger partial charge is 0.140 e. The minimum absolute atomic E-state index is 0.0119. The molecule has 0 saturated heterocycles. The van der Waals surface area contributed by atoms with Gasteiger partial charge in [-0.25, -0.2) is 0 Å². The molecular formula is C14H12O2. The van der Waals surface area contributed by atoms with Crippen molar-refractivity contribution >= 4 is 21.9 Å². The van der Waals surface area contributed by atoms with Gasteiger partial charge in [-0.2, -0.15) is 0 Å². The van der Waals surface area contributed by atoms with Crippen LogP contribution in [0.3, 0.4) is 0 Å². The lowest BCUT2D eigenvalue weighted by molar-refractivity contribution is 0.282. The first-order valence-electron chi connectivity index (χ1n) is 5.31. The molecule has 1 aromatic heterocycles. The Labute approximate surface area is 93.1 Å². The number of hydrogen-bond acceptors (Lipinski definition) is 2. The van der Waals surface area contributed by atoms with Gasteiger partial charge >= 0.3 is 0 Å². The first-order valence-corrected chi connectivity index (χ1v) is 5.31. The van der Waals surface area contributed by atoms with Gasteiger partial charge < -0.3 is 9.52 Å². The number of fused-ring (bicyclic) bond motifs is 3. The van der Waals surface area contributed by atoms with Gasteiger partial charge in [0, 0.05) is 16.3 Å². The molecule has 2 aromatic carbocycles. The van der Waals surface area contributed by atoms with Gasteiger partial charge in [-0.05, 0) is 24.6 Å². The van der Waals surface area contributed by atoms with Gasteiger partial charge in [-0.3, -0.25) is 0 Å². The standard InChI is InChI=1S/C14H12O2/c1-9-6-10(8-15)14-12(7-9)11-4-2-3-5-13(11)16-14/h2-7,15H,8H2,1H3. The van der Waals surface area contributed by atoms with Crippen molar-refractivity contribution in [3.8, 4) is 0 Å². The molecule has 0 saturated carbocycles. The monoisotopic (exact) mass is 212 g/mol. The Morgan fingerprint density at radius 2 is 1.94 bits per heavy atom. The van der Waals surface area contributed by atoms with Gasteiger partial charge in [-0.1, -0.05) is 24.3 Å². The summed E-state index contributed by atoms with van der Waals surface area (Å²) in [5, 5.41) is 11.5. The molecular weight excluding hydrogens is 200 g/mol. The summed E-state index contributed by atoms with van der Waals surface area (Å²) >= 11 is 0. The van der Waals surface area contributed by atoms with Crippen LogP contribution >= 0.6 is 0 Å². The SMILES string of the molecule is Cc1cc(CO)c2oc3ccccc3c2c1. The van der Waals surface area contributed by atoms with Gasteiger partial charge in [0.15, 0.2) is 0 Å². The average molecular weight is 212 g/mol. The van der Waals surface area contributed by atoms with E-state index in [-0.39, 0.29) is 6.61 Å².